The molecular weight excluding hydrogens is 262 g/mol. The summed E-state index contributed by atoms with van der Waals surface area (Å²) in [4.78, 5) is 9.06. The summed E-state index contributed by atoms with van der Waals surface area (Å²) in [6.45, 7) is 6.95. The van der Waals surface area contributed by atoms with Crippen LogP contribution in [0.2, 0.25) is 0 Å². The molecule has 5 nitrogen and oxygen atoms in total. The van der Waals surface area contributed by atoms with Crippen molar-refractivity contribution in [3.63, 3.8) is 0 Å². The SMILES string of the molecule is CC(C)CNCc1nccn1Cc1cn2ccccc2n1. The molecule has 0 aromatic carbocycles. The minimum Gasteiger partial charge on any atom is -0.328 e. The highest BCUT2D eigenvalue weighted by molar-refractivity contribution is 5.39. The number of pyridine rings is 1. The first-order valence-corrected chi connectivity index (χ1v) is 7.35. The molecule has 0 atom stereocenters. The molecule has 0 amide bonds. The number of hydrogen-bond acceptors (Lipinski definition) is 3. The van der Waals surface area contributed by atoms with Crippen LogP contribution < -0.4 is 5.32 Å². The molecule has 21 heavy (non-hydrogen) atoms. The fourth-order valence-corrected chi connectivity index (χ4v) is 2.36. The second-order valence-corrected chi connectivity index (χ2v) is 5.69. The van der Waals surface area contributed by atoms with E-state index in [0.717, 1.165) is 36.8 Å². The largest absolute Gasteiger partial charge is 0.328 e. The summed E-state index contributed by atoms with van der Waals surface area (Å²) in [6, 6.07) is 6.03. The predicted molar refractivity (Wildman–Crippen MR) is 83.1 cm³/mol. The Bertz CT molecular complexity index is 677. The highest BCUT2D eigenvalue weighted by Crippen LogP contribution is 2.08. The molecule has 5 heteroatoms. The van der Waals surface area contributed by atoms with E-state index in [1.54, 1.807) is 0 Å². The molecular formula is C16H21N5. The Morgan fingerprint density at radius 3 is 2.95 bits per heavy atom. The molecule has 0 saturated heterocycles. The van der Waals surface area contributed by atoms with Crippen LogP contribution in [0.1, 0.15) is 25.4 Å². The molecule has 3 heterocycles. The van der Waals surface area contributed by atoms with Gasteiger partial charge in [-0.2, -0.15) is 0 Å². The van der Waals surface area contributed by atoms with Crippen molar-refractivity contribution in [3.8, 4) is 0 Å². The van der Waals surface area contributed by atoms with Crippen LogP contribution in [0.4, 0.5) is 0 Å². The number of aromatic nitrogens is 4. The van der Waals surface area contributed by atoms with E-state index in [0.29, 0.717) is 5.92 Å². The van der Waals surface area contributed by atoms with E-state index in [9.17, 15) is 0 Å². The quantitative estimate of drug-likeness (QED) is 0.755. The van der Waals surface area contributed by atoms with Gasteiger partial charge in [0.1, 0.15) is 11.5 Å². The minimum absolute atomic E-state index is 0.645. The van der Waals surface area contributed by atoms with Crippen molar-refractivity contribution in [2.24, 2.45) is 5.92 Å². The molecule has 3 aromatic rings. The Labute approximate surface area is 124 Å². The van der Waals surface area contributed by atoms with Crippen LogP contribution in [0.25, 0.3) is 5.65 Å². The maximum Gasteiger partial charge on any atom is 0.137 e. The van der Waals surface area contributed by atoms with Gasteiger partial charge in [-0.25, -0.2) is 9.97 Å². The number of nitrogens with one attached hydrogen (secondary N) is 1. The lowest BCUT2D eigenvalue weighted by Crippen LogP contribution is -2.21. The Kier molecular flexibility index (Phi) is 4.01. The van der Waals surface area contributed by atoms with Crippen LogP contribution >= 0.6 is 0 Å². The van der Waals surface area contributed by atoms with Crippen molar-refractivity contribution in [1.29, 1.82) is 0 Å². The highest BCUT2D eigenvalue weighted by atomic mass is 15.1. The number of rotatable bonds is 6. The van der Waals surface area contributed by atoms with Gasteiger partial charge in [-0.15, -0.1) is 0 Å². The van der Waals surface area contributed by atoms with Crippen LogP contribution in [-0.2, 0) is 13.1 Å². The summed E-state index contributed by atoms with van der Waals surface area (Å²) in [5.74, 6) is 1.69. The second kappa shape index (κ2) is 6.10. The molecule has 3 aromatic heterocycles. The molecule has 0 spiro atoms. The third kappa shape index (κ3) is 3.31. The van der Waals surface area contributed by atoms with Crippen LogP contribution in [-0.4, -0.2) is 25.5 Å². The Balaban J connectivity index is 1.71. The van der Waals surface area contributed by atoms with Gasteiger partial charge < -0.3 is 14.3 Å². The zero-order chi connectivity index (χ0) is 14.7. The van der Waals surface area contributed by atoms with Crippen molar-refractivity contribution >= 4 is 5.65 Å². The second-order valence-electron chi connectivity index (χ2n) is 5.69. The van der Waals surface area contributed by atoms with Crippen molar-refractivity contribution in [1.82, 2.24) is 24.3 Å². The van der Waals surface area contributed by atoms with Crippen LogP contribution in [0.15, 0.2) is 43.0 Å². The summed E-state index contributed by atoms with van der Waals surface area (Å²) in [5.41, 5.74) is 2.02. The molecule has 0 aliphatic carbocycles. The summed E-state index contributed by atoms with van der Waals surface area (Å²) in [6.07, 6.45) is 7.95. The number of nitrogens with zero attached hydrogens (tertiary/aromatic N) is 4. The highest BCUT2D eigenvalue weighted by Gasteiger charge is 2.06. The molecule has 0 saturated carbocycles. The van der Waals surface area contributed by atoms with E-state index in [1.165, 1.54) is 0 Å². The first kappa shape index (κ1) is 13.8. The lowest BCUT2D eigenvalue weighted by molar-refractivity contribution is 0.532. The van der Waals surface area contributed by atoms with Gasteiger partial charge in [-0.3, -0.25) is 0 Å². The number of hydrogen-bond donors (Lipinski definition) is 1. The zero-order valence-corrected chi connectivity index (χ0v) is 12.5. The average molecular weight is 283 g/mol. The molecule has 110 valence electrons. The van der Waals surface area contributed by atoms with Crippen LogP contribution in [0.5, 0.6) is 0 Å². The molecule has 0 aliphatic heterocycles. The summed E-state index contributed by atoms with van der Waals surface area (Å²) >= 11 is 0. The van der Waals surface area contributed by atoms with Gasteiger partial charge in [-0.1, -0.05) is 19.9 Å². The van der Waals surface area contributed by atoms with Gasteiger partial charge in [0.25, 0.3) is 0 Å². The first-order valence-electron chi connectivity index (χ1n) is 7.35. The van der Waals surface area contributed by atoms with E-state index in [-0.39, 0.29) is 0 Å². The minimum atomic E-state index is 0.645. The number of imidazole rings is 2. The monoisotopic (exact) mass is 283 g/mol. The Morgan fingerprint density at radius 1 is 1.24 bits per heavy atom. The van der Waals surface area contributed by atoms with Crippen molar-refractivity contribution < 1.29 is 0 Å². The third-order valence-electron chi connectivity index (χ3n) is 3.38. The van der Waals surface area contributed by atoms with Crippen molar-refractivity contribution in [2.75, 3.05) is 6.54 Å². The standard InChI is InChI=1S/C16H21N5/c1-13(2)9-17-10-16-18-6-8-21(16)12-14-11-20-7-4-3-5-15(20)19-14/h3-8,11,13,17H,9-10,12H2,1-2H3. The van der Waals surface area contributed by atoms with Gasteiger partial charge in [0.15, 0.2) is 0 Å². The van der Waals surface area contributed by atoms with Crippen molar-refractivity contribution in [2.45, 2.75) is 26.9 Å². The van der Waals surface area contributed by atoms with Crippen LogP contribution in [0.3, 0.4) is 0 Å². The fourth-order valence-electron chi connectivity index (χ4n) is 2.36. The van der Waals surface area contributed by atoms with E-state index in [2.05, 4.69) is 39.9 Å². The van der Waals surface area contributed by atoms with E-state index in [1.807, 2.05) is 41.2 Å². The lowest BCUT2D eigenvalue weighted by atomic mass is 10.2. The lowest BCUT2D eigenvalue weighted by Gasteiger charge is -2.09. The van der Waals surface area contributed by atoms with Crippen molar-refractivity contribution in [3.05, 3.63) is 54.5 Å². The van der Waals surface area contributed by atoms with E-state index in [4.69, 9.17) is 0 Å². The average Bonchev–Trinajstić information content (AvgIpc) is 3.05. The molecule has 0 bridgehead atoms. The van der Waals surface area contributed by atoms with E-state index >= 15 is 0 Å². The Hall–Kier alpha value is -2.14. The number of fused-ring (bicyclic) bond motifs is 1. The maximum atomic E-state index is 4.63. The maximum absolute atomic E-state index is 4.63. The zero-order valence-electron chi connectivity index (χ0n) is 12.5. The summed E-state index contributed by atoms with van der Waals surface area (Å²) in [5, 5.41) is 3.43. The molecule has 0 aliphatic rings. The molecule has 0 unspecified atom stereocenters. The fraction of sp³-hybridized carbons (Fsp3) is 0.375. The third-order valence-corrected chi connectivity index (χ3v) is 3.38. The Morgan fingerprint density at radius 2 is 2.14 bits per heavy atom. The van der Waals surface area contributed by atoms with E-state index < -0.39 is 0 Å². The normalized spacial score (nSPS) is 11.6. The smallest absolute Gasteiger partial charge is 0.137 e. The van der Waals surface area contributed by atoms with Gasteiger partial charge in [0, 0.05) is 24.8 Å². The first-order chi connectivity index (χ1) is 10.2. The predicted octanol–water partition coefficient (Wildman–Crippen LogP) is 2.32. The molecule has 1 N–H and O–H groups in total. The summed E-state index contributed by atoms with van der Waals surface area (Å²) in [7, 11) is 0. The van der Waals surface area contributed by atoms with Gasteiger partial charge in [0.05, 0.1) is 18.8 Å². The van der Waals surface area contributed by atoms with Gasteiger partial charge >= 0.3 is 0 Å². The van der Waals surface area contributed by atoms with Crippen LogP contribution in [0, 0.1) is 5.92 Å². The molecule has 0 fully saturated rings. The molecule has 0 radical (unpaired) electrons. The topological polar surface area (TPSA) is 47.2 Å². The van der Waals surface area contributed by atoms with Gasteiger partial charge in [0.2, 0.25) is 0 Å². The van der Waals surface area contributed by atoms with Gasteiger partial charge in [-0.05, 0) is 24.6 Å². The summed E-state index contributed by atoms with van der Waals surface area (Å²) < 4.78 is 4.19. The molecule has 3 rings (SSSR count).